The molecule has 0 radical (unpaired) electrons. The number of hydrogen-bond donors (Lipinski definition) is 0. The Morgan fingerprint density at radius 2 is 1.85 bits per heavy atom. The van der Waals surface area contributed by atoms with Crippen LogP contribution in [0.2, 0.25) is 0 Å². The second kappa shape index (κ2) is 5.90. The second-order valence-corrected chi connectivity index (χ2v) is 7.24. The van der Waals surface area contributed by atoms with Gasteiger partial charge in [0.2, 0.25) is 0 Å². The van der Waals surface area contributed by atoms with Crippen LogP contribution in [0.1, 0.15) is 58.5 Å². The Morgan fingerprint density at radius 1 is 1.25 bits per heavy atom. The zero-order valence-corrected chi connectivity index (χ0v) is 13.2. The Bertz CT molecular complexity index is 484. The van der Waals surface area contributed by atoms with E-state index >= 15 is 0 Å². The fraction of sp³-hybridized carbons (Fsp3) is 0.625. The van der Waals surface area contributed by atoms with Crippen molar-refractivity contribution in [2.45, 2.75) is 48.0 Å². The van der Waals surface area contributed by atoms with Gasteiger partial charge in [0, 0.05) is 11.5 Å². The maximum Gasteiger partial charge on any atom is 0.186 e. The molecule has 1 aromatic rings. The third kappa shape index (κ3) is 4.91. The number of hydrogen-bond acceptors (Lipinski definition) is 3. The first-order valence-electron chi connectivity index (χ1n) is 6.84. The van der Waals surface area contributed by atoms with Crippen molar-refractivity contribution in [2.75, 3.05) is 6.61 Å². The molecule has 3 nitrogen and oxygen atoms in total. The van der Waals surface area contributed by atoms with Crippen LogP contribution in [0.5, 0.6) is 5.75 Å². The average molecular weight is 281 g/mol. The van der Waals surface area contributed by atoms with Crippen molar-refractivity contribution in [1.29, 1.82) is 0 Å². The quantitative estimate of drug-likeness (QED) is 0.774. The highest BCUT2D eigenvalue weighted by Gasteiger charge is 2.25. The normalized spacial score (nSPS) is 12.3. The minimum atomic E-state index is -0.548. The van der Waals surface area contributed by atoms with E-state index in [0.717, 1.165) is 12.6 Å². The van der Waals surface area contributed by atoms with Crippen molar-refractivity contribution in [3.8, 4) is 5.75 Å². The molecule has 0 saturated carbocycles. The average Bonchev–Trinajstić information content (AvgIpc) is 2.28. The van der Waals surface area contributed by atoms with E-state index in [1.807, 2.05) is 0 Å². The van der Waals surface area contributed by atoms with Gasteiger partial charge < -0.3 is 4.74 Å². The molecule has 0 bridgehead atoms. The fourth-order valence-corrected chi connectivity index (χ4v) is 1.51. The number of aromatic nitrogens is 1. The monoisotopic (exact) mass is 281 g/mol. The van der Waals surface area contributed by atoms with E-state index in [1.165, 1.54) is 6.07 Å². The first-order chi connectivity index (χ1) is 9.00. The Kier molecular flexibility index (Phi) is 4.90. The van der Waals surface area contributed by atoms with E-state index in [0.29, 0.717) is 6.61 Å². The third-order valence-corrected chi connectivity index (χ3v) is 2.84. The fourth-order valence-electron chi connectivity index (χ4n) is 1.51. The van der Waals surface area contributed by atoms with Gasteiger partial charge in [-0.25, -0.2) is 9.37 Å². The molecule has 0 N–H and O–H groups in total. The number of ether oxygens (including phenoxy) is 1. The van der Waals surface area contributed by atoms with Gasteiger partial charge in [0.15, 0.2) is 17.3 Å². The van der Waals surface area contributed by atoms with Crippen molar-refractivity contribution in [1.82, 2.24) is 4.98 Å². The summed E-state index contributed by atoms with van der Waals surface area (Å²) in [5.74, 6) is -0.570. The molecule has 20 heavy (non-hydrogen) atoms. The summed E-state index contributed by atoms with van der Waals surface area (Å²) in [6, 6.07) is 1.39. The molecule has 1 aromatic heterocycles. The highest BCUT2D eigenvalue weighted by molar-refractivity contribution is 5.98. The van der Waals surface area contributed by atoms with Crippen LogP contribution in [0.3, 0.4) is 0 Å². The summed E-state index contributed by atoms with van der Waals surface area (Å²) in [7, 11) is 0. The van der Waals surface area contributed by atoms with Gasteiger partial charge in [-0.1, -0.05) is 41.5 Å². The Balaban J connectivity index is 2.85. The molecule has 0 aliphatic heterocycles. The molecule has 0 spiro atoms. The van der Waals surface area contributed by atoms with Crippen LogP contribution in [0.15, 0.2) is 12.3 Å². The van der Waals surface area contributed by atoms with Crippen molar-refractivity contribution in [3.05, 3.63) is 23.8 Å². The van der Waals surface area contributed by atoms with Gasteiger partial charge in [0.1, 0.15) is 5.69 Å². The molecular formula is C16H24FNO2. The van der Waals surface area contributed by atoms with Gasteiger partial charge in [-0.15, -0.1) is 0 Å². The van der Waals surface area contributed by atoms with Gasteiger partial charge in [-0.2, -0.15) is 0 Å². The van der Waals surface area contributed by atoms with E-state index in [1.54, 1.807) is 20.8 Å². The molecule has 0 aliphatic carbocycles. The maximum atomic E-state index is 13.7. The Morgan fingerprint density at radius 3 is 2.35 bits per heavy atom. The standard InChI is InChI=1S/C16H24FNO2/c1-15(2,3)7-8-20-13-9-12(18-10-11(13)17)14(19)16(4,5)6/h9-10H,7-8H2,1-6H3. The SMILES string of the molecule is CC(C)(C)CCOc1cc(C(=O)C(C)(C)C)ncc1F. The summed E-state index contributed by atoms with van der Waals surface area (Å²) in [5, 5.41) is 0. The van der Waals surface area contributed by atoms with Crippen LogP contribution in [0, 0.1) is 16.6 Å². The third-order valence-electron chi connectivity index (χ3n) is 2.84. The summed E-state index contributed by atoms with van der Waals surface area (Å²) in [5.41, 5.74) is -0.189. The summed E-state index contributed by atoms with van der Waals surface area (Å²) >= 11 is 0. The number of ketones is 1. The summed E-state index contributed by atoms with van der Waals surface area (Å²) in [6.07, 6.45) is 1.85. The lowest BCUT2D eigenvalue weighted by Crippen LogP contribution is -2.21. The Labute approximate surface area is 120 Å². The van der Waals surface area contributed by atoms with Crippen molar-refractivity contribution in [3.63, 3.8) is 0 Å². The van der Waals surface area contributed by atoms with E-state index in [-0.39, 0.29) is 22.6 Å². The molecule has 4 heteroatoms. The van der Waals surface area contributed by atoms with E-state index in [9.17, 15) is 9.18 Å². The summed E-state index contributed by atoms with van der Waals surface area (Å²) in [4.78, 5) is 16.0. The minimum Gasteiger partial charge on any atom is -0.490 e. The molecule has 0 atom stereocenters. The Hall–Kier alpha value is -1.45. The number of carbonyl (C=O) groups is 1. The first-order valence-corrected chi connectivity index (χ1v) is 6.84. The van der Waals surface area contributed by atoms with Gasteiger partial charge in [-0.05, 0) is 11.8 Å². The highest BCUT2D eigenvalue weighted by atomic mass is 19.1. The topological polar surface area (TPSA) is 39.2 Å². The van der Waals surface area contributed by atoms with Crippen molar-refractivity contribution >= 4 is 5.78 Å². The number of nitrogens with zero attached hydrogens (tertiary/aromatic N) is 1. The minimum absolute atomic E-state index is 0.0943. The smallest absolute Gasteiger partial charge is 0.186 e. The lowest BCUT2D eigenvalue weighted by molar-refractivity contribution is 0.0852. The molecular weight excluding hydrogens is 257 g/mol. The van der Waals surface area contributed by atoms with Gasteiger partial charge >= 0.3 is 0 Å². The van der Waals surface area contributed by atoms with E-state index in [4.69, 9.17) is 4.74 Å². The lowest BCUT2D eigenvalue weighted by atomic mass is 9.89. The molecule has 112 valence electrons. The molecule has 0 fully saturated rings. The predicted octanol–water partition coefficient (Wildman–Crippen LogP) is 4.26. The summed E-state index contributed by atoms with van der Waals surface area (Å²) < 4.78 is 19.1. The summed E-state index contributed by atoms with van der Waals surface area (Å²) in [6.45, 7) is 12.1. The number of halogens is 1. The van der Waals surface area contributed by atoms with Crippen LogP contribution in [-0.2, 0) is 0 Å². The van der Waals surface area contributed by atoms with Crippen LogP contribution in [0.25, 0.3) is 0 Å². The number of carbonyl (C=O) groups excluding carboxylic acids is 1. The van der Waals surface area contributed by atoms with Crippen LogP contribution in [-0.4, -0.2) is 17.4 Å². The number of pyridine rings is 1. The van der Waals surface area contributed by atoms with Crippen molar-refractivity contribution < 1.29 is 13.9 Å². The van der Waals surface area contributed by atoms with Gasteiger partial charge in [0.05, 0.1) is 12.8 Å². The molecule has 0 aliphatic rings. The molecule has 1 rings (SSSR count). The van der Waals surface area contributed by atoms with E-state index < -0.39 is 11.2 Å². The molecule has 1 heterocycles. The number of Topliss-reactive ketones (excluding diaryl/α,β-unsaturated/α-hetero) is 1. The molecule has 0 saturated heterocycles. The maximum absolute atomic E-state index is 13.7. The zero-order valence-electron chi connectivity index (χ0n) is 13.2. The lowest BCUT2D eigenvalue weighted by Gasteiger charge is -2.19. The van der Waals surface area contributed by atoms with Crippen LogP contribution < -0.4 is 4.74 Å². The predicted molar refractivity (Wildman–Crippen MR) is 77.5 cm³/mol. The molecule has 0 unspecified atom stereocenters. The molecule has 0 amide bonds. The molecule has 0 aromatic carbocycles. The first kappa shape index (κ1) is 16.6. The van der Waals surface area contributed by atoms with E-state index in [2.05, 4.69) is 25.8 Å². The van der Waals surface area contributed by atoms with Gasteiger partial charge in [-0.3, -0.25) is 4.79 Å². The largest absolute Gasteiger partial charge is 0.490 e. The zero-order chi connectivity index (χ0) is 15.6. The van der Waals surface area contributed by atoms with Gasteiger partial charge in [0.25, 0.3) is 0 Å². The highest BCUT2D eigenvalue weighted by Crippen LogP contribution is 2.25. The van der Waals surface area contributed by atoms with Crippen molar-refractivity contribution in [2.24, 2.45) is 10.8 Å². The van der Waals surface area contributed by atoms with Crippen LogP contribution in [0.4, 0.5) is 4.39 Å². The second-order valence-electron chi connectivity index (χ2n) is 7.24. The number of rotatable bonds is 4. The van der Waals surface area contributed by atoms with Crippen LogP contribution >= 0.6 is 0 Å².